The molecule has 160 valence electrons. The Morgan fingerprint density at radius 1 is 1.13 bits per heavy atom. The highest BCUT2D eigenvalue weighted by Crippen LogP contribution is 2.28. The minimum atomic E-state index is -3.74. The quantitative estimate of drug-likeness (QED) is 0.486. The molecule has 0 bridgehead atoms. The molecule has 0 aliphatic carbocycles. The number of anilines is 1. The van der Waals surface area contributed by atoms with Crippen LogP contribution in [0.4, 0.5) is 5.69 Å². The highest BCUT2D eigenvalue weighted by Gasteiger charge is 2.19. The monoisotopic (exact) mass is 471 g/mol. The van der Waals surface area contributed by atoms with Gasteiger partial charge >= 0.3 is 0 Å². The van der Waals surface area contributed by atoms with Gasteiger partial charge < -0.3 is 5.32 Å². The fourth-order valence-electron chi connectivity index (χ4n) is 3.09. The summed E-state index contributed by atoms with van der Waals surface area (Å²) >= 11 is 3.24. The van der Waals surface area contributed by atoms with Crippen molar-refractivity contribution in [3.8, 4) is 0 Å². The maximum absolute atomic E-state index is 12.9. The van der Waals surface area contributed by atoms with Gasteiger partial charge in [0.2, 0.25) is 0 Å². The van der Waals surface area contributed by atoms with E-state index < -0.39 is 10.0 Å². The molecule has 0 atom stereocenters. The van der Waals surface area contributed by atoms with E-state index in [1.54, 1.807) is 41.3 Å². The first-order valence-electron chi connectivity index (χ1n) is 9.72. The summed E-state index contributed by atoms with van der Waals surface area (Å²) in [7, 11) is -3.74. The summed E-state index contributed by atoms with van der Waals surface area (Å²) in [5.41, 5.74) is 2.18. The molecular formula is C22H21N3O3S3. The van der Waals surface area contributed by atoms with Crippen molar-refractivity contribution in [3.05, 3.63) is 76.5 Å². The first kappa shape index (κ1) is 21.6. The molecule has 0 saturated heterocycles. The van der Waals surface area contributed by atoms with E-state index in [2.05, 4.69) is 26.5 Å². The van der Waals surface area contributed by atoms with Crippen LogP contribution in [-0.2, 0) is 15.8 Å². The zero-order chi connectivity index (χ0) is 21.7. The van der Waals surface area contributed by atoms with Gasteiger partial charge in [0.15, 0.2) is 0 Å². The van der Waals surface area contributed by atoms with E-state index >= 15 is 0 Å². The van der Waals surface area contributed by atoms with Gasteiger partial charge in [-0.2, -0.15) is 11.3 Å². The summed E-state index contributed by atoms with van der Waals surface area (Å²) in [4.78, 5) is 18.0. The molecule has 2 N–H and O–H groups in total. The second kappa shape index (κ2) is 9.67. The molecule has 4 rings (SSSR count). The fraction of sp³-hybridized carbons (Fsp3) is 0.182. The average molecular weight is 472 g/mol. The molecule has 6 nitrogen and oxygen atoms in total. The SMILES string of the molecule is O=C(Nc1cccc(S(=O)(=O)NC2=NCCC2)c1)c1ccccc1SCc1ccsc1. The van der Waals surface area contributed by atoms with Crippen molar-refractivity contribution >= 4 is 50.6 Å². The van der Waals surface area contributed by atoms with E-state index in [1.807, 2.05) is 23.6 Å². The third-order valence-electron chi connectivity index (χ3n) is 4.63. The molecule has 0 saturated carbocycles. The largest absolute Gasteiger partial charge is 0.322 e. The van der Waals surface area contributed by atoms with Crippen molar-refractivity contribution in [2.75, 3.05) is 11.9 Å². The summed E-state index contributed by atoms with van der Waals surface area (Å²) in [6.07, 6.45) is 1.47. The Kier molecular flexibility index (Phi) is 6.74. The molecule has 0 unspecified atom stereocenters. The zero-order valence-corrected chi connectivity index (χ0v) is 19.0. The molecule has 2 aromatic carbocycles. The van der Waals surface area contributed by atoms with Crippen molar-refractivity contribution in [3.63, 3.8) is 0 Å². The maximum atomic E-state index is 12.9. The van der Waals surface area contributed by atoms with Gasteiger partial charge in [0.1, 0.15) is 5.84 Å². The maximum Gasteiger partial charge on any atom is 0.262 e. The number of sulfonamides is 1. The summed E-state index contributed by atoms with van der Waals surface area (Å²) < 4.78 is 27.8. The summed E-state index contributed by atoms with van der Waals surface area (Å²) in [5, 5.41) is 6.95. The van der Waals surface area contributed by atoms with Crippen molar-refractivity contribution in [1.29, 1.82) is 0 Å². The molecular weight excluding hydrogens is 450 g/mol. The van der Waals surface area contributed by atoms with Crippen LogP contribution in [0.2, 0.25) is 0 Å². The molecule has 1 aliphatic rings. The zero-order valence-electron chi connectivity index (χ0n) is 16.6. The molecule has 3 aromatic rings. The molecule has 9 heteroatoms. The number of thiophene rings is 1. The first-order chi connectivity index (χ1) is 15.0. The van der Waals surface area contributed by atoms with Gasteiger partial charge in [-0.25, -0.2) is 8.42 Å². The van der Waals surface area contributed by atoms with Crippen LogP contribution in [0.1, 0.15) is 28.8 Å². The van der Waals surface area contributed by atoms with Gasteiger partial charge in [0, 0.05) is 29.3 Å². The number of carbonyl (C=O) groups excluding carboxylic acids is 1. The van der Waals surface area contributed by atoms with Gasteiger partial charge in [-0.3, -0.25) is 14.5 Å². The highest BCUT2D eigenvalue weighted by molar-refractivity contribution is 7.98. The molecule has 0 radical (unpaired) electrons. The summed E-state index contributed by atoms with van der Waals surface area (Å²) in [6, 6.07) is 15.7. The Balaban J connectivity index is 1.48. The van der Waals surface area contributed by atoms with Crippen LogP contribution < -0.4 is 10.0 Å². The van der Waals surface area contributed by atoms with E-state index in [9.17, 15) is 13.2 Å². The van der Waals surface area contributed by atoms with Crippen LogP contribution >= 0.6 is 23.1 Å². The second-order valence-electron chi connectivity index (χ2n) is 6.94. The van der Waals surface area contributed by atoms with Crippen LogP contribution in [0.15, 0.2) is 80.1 Å². The van der Waals surface area contributed by atoms with Crippen molar-refractivity contribution < 1.29 is 13.2 Å². The topological polar surface area (TPSA) is 87.6 Å². The van der Waals surface area contributed by atoms with E-state index in [4.69, 9.17) is 0 Å². The molecule has 1 aromatic heterocycles. The molecule has 2 heterocycles. The number of hydrogen-bond donors (Lipinski definition) is 2. The smallest absolute Gasteiger partial charge is 0.262 e. The lowest BCUT2D eigenvalue weighted by atomic mass is 10.2. The standard InChI is InChI=1S/C22H21N3O3S3/c26-22(19-7-1-2-8-20(19)30-15-16-10-12-29-14-16)24-17-5-3-6-18(13-17)31(27,28)25-21-9-4-11-23-21/h1-3,5-8,10,12-14H,4,9,11,15H2,(H,23,25)(H,24,26). The molecule has 0 spiro atoms. The van der Waals surface area contributed by atoms with E-state index in [-0.39, 0.29) is 10.8 Å². The Morgan fingerprint density at radius 3 is 2.77 bits per heavy atom. The second-order valence-corrected chi connectivity index (χ2v) is 10.4. The number of nitrogens with one attached hydrogen (secondary N) is 2. The number of hydrogen-bond acceptors (Lipinski definition) is 6. The van der Waals surface area contributed by atoms with Gasteiger partial charge in [0.05, 0.1) is 10.5 Å². The minimum absolute atomic E-state index is 0.0833. The highest BCUT2D eigenvalue weighted by atomic mass is 32.2. The number of aliphatic imine (C=N–C) groups is 1. The summed E-state index contributed by atoms with van der Waals surface area (Å²) in [6.45, 7) is 0.637. The van der Waals surface area contributed by atoms with Crippen LogP contribution in [0.5, 0.6) is 0 Å². The van der Waals surface area contributed by atoms with Gasteiger partial charge in [-0.05, 0) is 59.1 Å². The Labute approximate surface area is 189 Å². The van der Waals surface area contributed by atoms with Crippen LogP contribution in [0.3, 0.4) is 0 Å². The number of amidine groups is 1. The van der Waals surface area contributed by atoms with Crippen LogP contribution in [0, 0.1) is 0 Å². The van der Waals surface area contributed by atoms with Gasteiger partial charge in [0.25, 0.3) is 15.9 Å². The van der Waals surface area contributed by atoms with Crippen molar-refractivity contribution in [1.82, 2.24) is 4.72 Å². The lowest BCUT2D eigenvalue weighted by molar-refractivity contribution is 0.102. The third-order valence-corrected chi connectivity index (χ3v) is 7.89. The lowest BCUT2D eigenvalue weighted by Gasteiger charge is -2.12. The average Bonchev–Trinajstić information content (AvgIpc) is 3.46. The number of benzene rings is 2. The molecule has 1 aliphatic heterocycles. The molecule has 1 amide bonds. The first-order valence-corrected chi connectivity index (χ1v) is 13.1. The summed E-state index contributed by atoms with van der Waals surface area (Å²) in [5.74, 6) is 0.971. The van der Waals surface area contributed by atoms with E-state index in [1.165, 1.54) is 17.7 Å². The Morgan fingerprint density at radius 2 is 2.00 bits per heavy atom. The van der Waals surface area contributed by atoms with Crippen LogP contribution in [0.25, 0.3) is 0 Å². The minimum Gasteiger partial charge on any atom is -0.322 e. The van der Waals surface area contributed by atoms with Crippen molar-refractivity contribution in [2.24, 2.45) is 4.99 Å². The number of nitrogens with zero attached hydrogens (tertiary/aromatic N) is 1. The Hall–Kier alpha value is -2.62. The number of amides is 1. The molecule has 31 heavy (non-hydrogen) atoms. The van der Waals surface area contributed by atoms with Gasteiger partial charge in [-0.1, -0.05) is 18.2 Å². The number of rotatable bonds is 7. The van der Waals surface area contributed by atoms with Crippen molar-refractivity contribution in [2.45, 2.75) is 28.4 Å². The predicted octanol–water partition coefficient (Wildman–Crippen LogP) is 4.76. The molecule has 0 fully saturated rings. The van der Waals surface area contributed by atoms with E-state index in [0.29, 0.717) is 30.1 Å². The predicted molar refractivity (Wildman–Crippen MR) is 127 cm³/mol. The number of carbonyl (C=O) groups is 1. The normalized spacial score (nSPS) is 13.6. The van der Waals surface area contributed by atoms with Crippen LogP contribution in [-0.4, -0.2) is 26.7 Å². The van der Waals surface area contributed by atoms with Gasteiger partial charge in [-0.15, -0.1) is 11.8 Å². The Bertz CT molecular complexity index is 1210. The fourth-order valence-corrected chi connectivity index (χ4v) is 5.99. The third kappa shape index (κ3) is 5.55. The lowest BCUT2D eigenvalue weighted by Crippen LogP contribution is -2.29. The number of thioether (sulfide) groups is 1. The van der Waals surface area contributed by atoms with E-state index in [0.717, 1.165) is 17.1 Å².